The molecule has 0 spiro atoms. The van der Waals surface area contributed by atoms with E-state index in [1.807, 2.05) is 38.1 Å². The summed E-state index contributed by atoms with van der Waals surface area (Å²) in [5, 5.41) is 19.1. The van der Waals surface area contributed by atoms with Gasteiger partial charge in [-0.05, 0) is 87.6 Å². The fourth-order valence-electron chi connectivity index (χ4n) is 5.35. The number of aliphatic hydroxyl groups excluding tert-OH is 1. The number of Topliss-reactive ketones (excluding diaryl/α,β-unsaturated/α-hetero) is 2. The van der Waals surface area contributed by atoms with Crippen LogP contribution < -0.4 is 4.74 Å². The van der Waals surface area contributed by atoms with Gasteiger partial charge in [0.05, 0.1) is 19.1 Å². The van der Waals surface area contributed by atoms with E-state index in [1.54, 1.807) is 24.3 Å². The summed E-state index contributed by atoms with van der Waals surface area (Å²) in [5.41, 5.74) is 4.86. The normalized spacial score (nSPS) is 13.2. The van der Waals surface area contributed by atoms with Gasteiger partial charge in [0.2, 0.25) is 0 Å². The zero-order valence-electron chi connectivity index (χ0n) is 25.1. The summed E-state index contributed by atoms with van der Waals surface area (Å²) in [6.07, 6.45) is 4.60. The number of carboxylic acids is 1. The number of aliphatic carboxylic acids is 1. The standard InChI is InChI=1S/C36H44O6/c1-25-10-12-28(13-11-25)7-6-9-33(27(3)38)34(36(40)41)8-4-5-22-42-32-20-16-29(17-21-32)23-26(2)35(39)31-18-14-30(24-37)15-19-31/h10-21,26,33-34,37H,4-9,22-24H2,1-3H3,(H,40,41)/t26-,33?,34-/m0/s1. The second kappa shape index (κ2) is 16.6. The van der Waals surface area contributed by atoms with Crippen LogP contribution in [0.1, 0.15) is 78.6 Å². The zero-order chi connectivity index (χ0) is 30.5. The summed E-state index contributed by atoms with van der Waals surface area (Å²) in [5.74, 6) is -1.51. The van der Waals surface area contributed by atoms with E-state index >= 15 is 0 Å². The summed E-state index contributed by atoms with van der Waals surface area (Å²) in [7, 11) is 0. The molecular formula is C36H44O6. The van der Waals surface area contributed by atoms with Gasteiger partial charge in [-0.1, -0.05) is 73.2 Å². The molecule has 3 atom stereocenters. The van der Waals surface area contributed by atoms with Crippen LogP contribution in [0.25, 0.3) is 0 Å². The average molecular weight is 573 g/mol. The number of ketones is 2. The first kappa shape index (κ1) is 32.7. The second-order valence-corrected chi connectivity index (χ2v) is 11.4. The molecule has 3 aromatic carbocycles. The predicted octanol–water partition coefficient (Wildman–Crippen LogP) is 7.03. The van der Waals surface area contributed by atoms with Gasteiger partial charge in [-0.3, -0.25) is 14.4 Å². The minimum Gasteiger partial charge on any atom is -0.494 e. The minimum atomic E-state index is -0.906. The molecule has 0 saturated heterocycles. The third-order valence-electron chi connectivity index (χ3n) is 7.94. The van der Waals surface area contributed by atoms with Crippen LogP contribution in [-0.4, -0.2) is 34.4 Å². The maximum absolute atomic E-state index is 12.8. The number of aryl methyl sites for hydroxylation is 2. The van der Waals surface area contributed by atoms with Crippen molar-refractivity contribution in [3.05, 3.63) is 101 Å². The van der Waals surface area contributed by atoms with E-state index in [4.69, 9.17) is 4.74 Å². The van der Waals surface area contributed by atoms with Crippen molar-refractivity contribution in [1.82, 2.24) is 0 Å². The SMILES string of the molecule is CC(=O)C(CCCc1ccc(C)cc1)[C@H](CCCCOc1ccc(C[C@H](C)C(=O)c2ccc(CO)cc2)cc1)C(=O)O. The summed E-state index contributed by atoms with van der Waals surface area (Å²) in [4.78, 5) is 37.2. The highest BCUT2D eigenvalue weighted by Crippen LogP contribution is 2.26. The Kier molecular flexibility index (Phi) is 13.0. The van der Waals surface area contributed by atoms with E-state index < -0.39 is 17.8 Å². The van der Waals surface area contributed by atoms with E-state index in [0.717, 1.165) is 29.7 Å². The van der Waals surface area contributed by atoms with E-state index in [1.165, 1.54) is 18.1 Å². The van der Waals surface area contributed by atoms with Crippen LogP contribution in [0.2, 0.25) is 0 Å². The largest absolute Gasteiger partial charge is 0.494 e. The number of aliphatic hydroxyl groups is 1. The summed E-state index contributed by atoms with van der Waals surface area (Å²) in [6.45, 7) is 5.88. The molecule has 224 valence electrons. The number of unbranched alkanes of at least 4 members (excludes halogenated alkanes) is 1. The number of hydrogen-bond acceptors (Lipinski definition) is 5. The molecule has 0 aromatic heterocycles. The molecule has 3 rings (SSSR count). The van der Waals surface area contributed by atoms with E-state index in [2.05, 4.69) is 24.3 Å². The average Bonchev–Trinajstić information content (AvgIpc) is 2.98. The lowest BCUT2D eigenvalue weighted by Gasteiger charge is -2.22. The summed E-state index contributed by atoms with van der Waals surface area (Å²) < 4.78 is 5.88. The van der Waals surface area contributed by atoms with Crippen LogP contribution in [0.5, 0.6) is 5.75 Å². The molecular weight excluding hydrogens is 528 g/mol. The highest BCUT2D eigenvalue weighted by Gasteiger charge is 2.30. The maximum atomic E-state index is 12.8. The highest BCUT2D eigenvalue weighted by molar-refractivity contribution is 5.97. The third kappa shape index (κ3) is 10.3. The summed E-state index contributed by atoms with van der Waals surface area (Å²) in [6, 6.07) is 23.1. The first-order valence-corrected chi connectivity index (χ1v) is 14.9. The van der Waals surface area contributed by atoms with Crippen LogP contribution in [0.4, 0.5) is 0 Å². The quantitative estimate of drug-likeness (QED) is 0.125. The number of rotatable bonds is 18. The van der Waals surface area contributed by atoms with Gasteiger partial charge in [0.1, 0.15) is 11.5 Å². The molecule has 6 nitrogen and oxygen atoms in total. The molecule has 0 aliphatic rings. The van der Waals surface area contributed by atoms with Crippen molar-refractivity contribution in [2.24, 2.45) is 17.8 Å². The Bertz CT molecular complexity index is 1280. The second-order valence-electron chi connectivity index (χ2n) is 11.4. The first-order chi connectivity index (χ1) is 20.2. The third-order valence-corrected chi connectivity index (χ3v) is 7.94. The number of hydrogen-bond donors (Lipinski definition) is 2. The highest BCUT2D eigenvalue weighted by atomic mass is 16.5. The monoisotopic (exact) mass is 572 g/mol. The van der Waals surface area contributed by atoms with Gasteiger partial charge in [0.25, 0.3) is 0 Å². The Labute approximate surface area is 249 Å². The molecule has 2 N–H and O–H groups in total. The number of ether oxygens (including phenoxy) is 1. The molecule has 0 amide bonds. The molecule has 42 heavy (non-hydrogen) atoms. The van der Waals surface area contributed by atoms with Gasteiger partial charge in [-0.15, -0.1) is 0 Å². The first-order valence-electron chi connectivity index (χ1n) is 14.9. The van der Waals surface area contributed by atoms with Crippen molar-refractivity contribution in [3.8, 4) is 5.75 Å². The Morgan fingerprint density at radius 3 is 1.95 bits per heavy atom. The molecule has 0 aliphatic carbocycles. The number of carboxylic acid groups (broad SMARTS) is 1. The van der Waals surface area contributed by atoms with Crippen LogP contribution in [0.15, 0.2) is 72.8 Å². The van der Waals surface area contributed by atoms with Crippen molar-refractivity contribution in [2.45, 2.75) is 72.3 Å². The molecule has 1 unspecified atom stereocenters. The molecule has 0 aliphatic heterocycles. The van der Waals surface area contributed by atoms with Crippen molar-refractivity contribution < 1.29 is 29.3 Å². The van der Waals surface area contributed by atoms with E-state index in [9.17, 15) is 24.6 Å². The fraction of sp³-hybridized carbons (Fsp3) is 0.417. The predicted molar refractivity (Wildman–Crippen MR) is 165 cm³/mol. The van der Waals surface area contributed by atoms with E-state index in [0.29, 0.717) is 44.3 Å². The van der Waals surface area contributed by atoms with Crippen LogP contribution in [-0.2, 0) is 29.0 Å². The van der Waals surface area contributed by atoms with Crippen LogP contribution in [0, 0.1) is 24.7 Å². The van der Waals surface area contributed by atoms with E-state index in [-0.39, 0.29) is 24.1 Å². The Morgan fingerprint density at radius 1 is 0.762 bits per heavy atom. The molecule has 0 fully saturated rings. The smallest absolute Gasteiger partial charge is 0.307 e. The van der Waals surface area contributed by atoms with Gasteiger partial charge < -0.3 is 14.9 Å². The molecule has 6 heteroatoms. The van der Waals surface area contributed by atoms with Gasteiger partial charge in [-0.2, -0.15) is 0 Å². The minimum absolute atomic E-state index is 0.0446. The van der Waals surface area contributed by atoms with Crippen LogP contribution in [0.3, 0.4) is 0 Å². The van der Waals surface area contributed by atoms with Crippen molar-refractivity contribution in [2.75, 3.05) is 6.61 Å². The molecule has 0 heterocycles. The lowest BCUT2D eigenvalue weighted by Crippen LogP contribution is -2.29. The number of benzene rings is 3. The Hall–Kier alpha value is -3.77. The lowest BCUT2D eigenvalue weighted by atomic mass is 9.81. The fourth-order valence-corrected chi connectivity index (χ4v) is 5.35. The molecule has 0 radical (unpaired) electrons. The molecule has 0 saturated carbocycles. The maximum Gasteiger partial charge on any atom is 0.307 e. The van der Waals surface area contributed by atoms with Crippen molar-refractivity contribution in [3.63, 3.8) is 0 Å². The summed E-state index contributed by atoms with van der Waals surface area (Å²) >= 11 is 0. The van der Waals surface area contributed by atoms with Gasteiger partial charge in [0.15, 0.2) is 5.78 Å². The van der Waals surface area contributed by atoms with Gasteiger partial charge in [-0.25, -0.2) is 0 Å². The van der Waals surface area contributed by atoms with Gasteiger partial charge >= 0.3 is 5.97 Å². The van der Waals surface area contributed by atoms with Crippen molar-refractivity contribution in [1.29, 1.82) is 0 Å². The zero-order valence-corrected chi connectivity index (χ0v) is 25.1. The van der Waals surface area contributed by atoms with Gasteiger partial charge in [0, 0.05) is 17.4 Å². The Morgan fingerprint density at radius 2 is 1.36 bits per heavy atom. The molecule has 3 aromatic rings. The number of carbonyl (C=O) groups is 3. The topological polar surface area (TPSA) is 101 Å². The Balaban J connectivity index is 1.41. The lowest BCUT2D eigenvalue weighted by molar-refractivity contribution is -0.147. The number of carbonyl (C=O) groups excluding carboxylic acids is 2. The van der Waals surface area contributed by atoms with Crippen LogP contribution >= 0.6 is 0 Å². The molecule has 0 bridgehead atoms. The van der Waals surface area contributed by atoms with Crippen molar-refractivity contribution >= 4 is 17.5 Å².